The summed E-state index contributed by atoms with van der Waals surface area (Å²) in [6, 6.07) is 8.63. The van der Waals surface area contributed by atoms with E-state index >= 15 is 0 Å². The smallest absolute Gasteiger partial charge is 0.140 e. The normalized spacial score (nSPS) is 28.9. The number of Topliss-reactive ketones (excluding diaryl/α,β-unsaturated/α-hetero) is 1. The average Bonchev–Trinajstić information content (AvgIpc) is 2.78. The van der Waals surface area contributed by atoms with Crippen molar-refractivity contribution in [1.82, 2.24) is 0 Å². The maximum absolute atomic E-state index is 12.5. The van der Waals surface area contributed by atoms with Gasteiger partial charge in [-0.3, -0.25) is 4.79 Å². The molecule has 0 spiro atoms. The Morgan fingerprint density at radius 1 is 1.15 bits per heavy atom. The van der Waals surface area contributed by atoms with Crippen molar-refractivity contribution in [2.45, 2.75) is 62.4 Å². The number of hydrogen-bond acceptors (Lipinski definition) is 2. The van der Waals surface area contributed by atoms with Crippen LogP contribution in [0.5, 0.6) is 0 Å². The largest absolute Gasteiger partial charge is 0.299 e. The van der Waals surface area contributed by atoms with Crippen LogP contribution in [0.15, 0.2) is 24.3 Å². The SMILES string of the molecule is CC(C)c1ccc(CC(=O)C2CC3CCC(C2)S3)cc1. The third kappa shape index (κ3) is 3.11. The fourth-order valence-corrected chi connectivity index (χ4v) is 5.26. The third-order valence-electron chi connectivity index (χ3n) is 4.77. The number of carbonyl (C=O) groups is 1. The van der Waals surface area contributed by atoms with Crippen LogP contribution in [0.1, 0.15) is 56.6 Å². The minimum Gasteiger partial charge on any atom is -0.299 e. The summed E-state index contributed by atoms with van der Waals surface area (Å²) in [6.45, 7) is 4.41. The van der Waals surface area contributed by atoms with Crippen molar-refractivity contribution in [2.75, 3.05) is 0 Å². The molecule has 1 nitrogen and oxygen atoms in total. The number of benzene rings is 1. The summed E-state index contributed by atoms with van der Waals surface area (Å²) in [5.41, 5.74) is 2.54. The molecule has 0 aliphatic carbocycles. The highest BCUT2D eigenvalue weighted by molar-refractivity contribution is 8.00. The van der Waals surface area contributed by atoms with Gasteiger partial charge >= 0.3 is 0 Å². The van der Waals surface area contributed by atoms with Crippen molar-refractivity contribution in [3.63, 3.8) is 0 Å². The van der Waals surface area contributed by atoms with Crippen LogP contribution in [-0.4, -0.2) is 16.3 Å². The van der Waals surface area contributed by atoms with Crippen molar-refractivity contribution in [3.05, 3.63) is 35.4 Å². The second kappa shape index (κ2) is 5.93. The molecule has 2 aliphatic heterocycles. The van der Waals surface area contributed by atoms with E-state index in [4.69, 9.17) is 0 Å². The topological polar surface area (TPSA) is 17.1 Å². The Balaban J connectivity index is 1.61. The maximum Gasteiger partial charge on any atom is 0.140 e. The monoisotopic (exact) mass is 288 g/mol. The Hall–Kier alpha value is -0.760. The molecule has 20 heavy (non-hydrogen) atoms. The summed E-state index contributed by atoms with van der Waals surface area (Å²) in [7, 11) is 0. The molecule has 1 aromatic rings. The van der Waals surface area contributed by atoms with Crippen LogP contribution in [0.3, 0.4) is 0 Å². The number of hydrogen-bond donors (Lipinski definition) is 0. The highest BCUT2D eigenvalue weighted by atomic mass is 32.2. The van der Waals surface area contributed by atoms with Crippen LogP contribution in [0.4, 0.5) is 0 Å². The maximum atomic E-state index is 12.5. The molecule has 2 bridgehead atoms. The van der Waals surface area contributed by atoms with E-state index in [1.54, 1.807) is 0 Å². The molecule has 2 unspecified atom stereocenters. The van der Waals surface area contributed by atoms with Crippen LogP contribution >= 0.6 is 11.8 Å². The predicted octanol–water partition coefficient (Wildman–Crippen LogP) is 4.60. The number of ketones is 1. The van der Waals surface area contributed by atoms with Gasteiger partial charge < -0.3 is 0 Å². The highest BCUT2D eigenvalue weighted by Crippen LogP contribution is 2.46. The molecule has 2 saturated heterocycles. The van der Waals surface area contributed by atoms with Gasteiger partial charge in [-0.1, -0.05) is 38.1 Å². The van der Waals surface area contributed by atoms with Gasteiger partial charge in [0.1, 0.15) is 5.78 Å². The molecule has 2 aliphatic rings. The fourth-order valence-electron chi connectivity index (χ4n) is 3.49. The molecule has 0 radical (unpaired) electrons. The molecular weight excluding hydrogens is 264 g/mol. The molecule has 3 rings (SSSR count). The van der Waals surface area contributed by atoms with Crippen molar-refractivity contribution in [3.8, 4) is 0 Å². The zero-order valence-corrected chi connectivity index (χ0v) is 13.3. The lowest BCUT2D eigenvalue weighted by Gasteiger charge is -2.26. The summed E-state index contributed by atoms with van der Waals surface area (Å²) in [4.78, 5) is 12.5. The summed E-state index contributed by atoms with van der Waals surface area (Å²) >= 11 is 2.13. The first-order chi connectivity index (χ1) is 9.61. The lowest BCUT2D eigenvalue weighted by atomic mass is 9.90. The Labute approximate surface area is 126 Å². The van der Waals surface area contributed by atoms with E-state index in [9.17, 15) is 4.79 Å². The minimum atomic E-state index is 0.332. The first kappa shape index (κ1) is 14.2. The Kier molecular flexibility index (Phi) is 4.21. The van der Waals surface area contributed by atoms with E-state index in [2.05, 4.69) is 49.9 Å². The predicted molar refractivity (Wildman–Crippen MR) is 86.4 cm³/mol. The number of fused-ring (bicyclic) bond motifs is 2. The molecular formula is C18H24OS. The van der Waals surface area contributed by atoms with E-state index in [0.29, 0.717) is 24.0 Å². The van der Waals surface area contributed by atoms with Gasteiger partial charge in [0.05, 0.1) is 0 Å². The summed E-state index contributed by atoms with van der Waals surface area (Å²) in [6.07, 6.45) is 5.56. The highest BCUT2D eigenvalue weighted by Gasteiger charge is 2.37. The Morgan fingerprint density at radius 3 is 2.30 bits per heavy atom. The molecule has 2 heterocycles. The zero-order valence-electron chi connectivity index (χ0n) is 12.5. The quantitative estimate of drug-likeness (QED) is 0.805. The second-order valence-electron chi connectivity index (χ2n) is 6.67. The van der Waals surface area contributed by atoms with Gasteiger partial charge in [0.2, 0.25) is 0 Å². The second-order valence-corrected chi connectivity index (χ2v) is 8.27. The molecule has 1 aromatic carbocycles. The minimum absolute atomic E-state index is 0.332. The van der Waals surface area contributed by atoms with Crippen LogP contribution in [0, 0.1) is 5.92 Å². The lowest BCUT2D eigenvalue weighted by Crippen LogP contribution is -2.25. The summed E-state index contributed by atoms with van der Waals surface area (Å²) in [5.74, 6) is 1.36. The van der Waals surface area contributed by atoms with Crippen LogP contribution in [-0.2, 0) is 11.2 Å². The van der Waals surface area contributed by atoms with Gasteiger partial charge in [-0.2, -0.15) is 11.8 Å². The standard InChI is InChI=1S/C18H24OS/c1-12(2)14-5-3-13(4-6-14)9-18(19)15-10-16-7-8-17(11-15)20-16/h3-6,12,15-17H,7-11H2,1-2H3. The van der Waals surface area contributed by atoms with Gasteiger partial charge in [-0.15, -0.1) is 0 Å². The third-order valence-corrected chi connectivity index (χ3v) is 6.40. The summed E-state index contributed by atoms with van der Waals surface area (Å²) in [5, 5.41) is 1.54. The van der Waals surface area contributed by atoms with E-state index < -0.39 is 0 Å². The van der Waals surface area contributed by atoms with E-state index in [-0.39, 0.29) is 0 Å². The number of rotatable bonds is 4. The number of carbonyl (C=O) groups excluding carboxylic acids is 1. The molecule has 2 atom stereocenters. The van der Waals surface area contributed by atoms with Gasteiger partial charge in [0.15, 0.2) is 0 Å². The number of thioether (sulfide) groups is 1. The van der Waals surface area contributed by atoms with Crippen molar-refractivity contribution < 1.29 is 4.79 Å². The van der Waals surface area contributed by atoms with Crippen molar-refractivity contribution in [1.29, 1.82) is 0 Å². The molecule has 0 saturated carbocycles. The molecule has 0 N–H and O–H groups in total. The first-order valence-electron chi connectivity index (χ1n) is 7.89. The fraction of sp³-hybridized carbons (Fsp3) is 0.611. The van der Waals surface area contributed by atoms with Crippen LogP contribution < -0.4 is 0 Å². The Morgan fingerprint density at radius 2 is 1.75 bits per heavy atom. The van der Waals surface area contributed by atoms with Crippen LogP contribution in [0.25, 0.3) is 0 Å². The van der Waals surface area contributed by atoms with E-state index in [0.717, 1.165) is 23.3 Å². The first-order valence-corrected chi connectivity index (χ1v) is 8.83. The zero-order chi connectivity index (χ0) is 14.1. The molecule has 0 amide bonds. The van der Waals surface area contributed by atoms with Crippen LogP contribution in [0.2, 0.25) is 0 Å². The van der Waals surface area contributed by atoms with Gasteiger partial charge in [-0.05, 0) is 42.7 Å². The Bertz CT molecular complexity index is 465. The van der Waals surface area contributed by atoms with E-state index in [1.165, 1.54) is 24.0 Å². The van der Waals surface area contributed by atoms with E-state index in [1.807, 2.05) is 0 Å². The van der Waals surface area contributed by atoms with Gasteiger partial charge in [-0.25, -0.2) is 0 Å². The average molecular weight is 288 g/mol. The summed E-state index contributed by atoms with van der Waals surface area (Å²) < 4.78 is 0. The van der Waals surface area contributed by atoms with Crippen molar-refractivity contribution in [2.24, 2.45) is 5.92 Å². The molecule has 2 fully saturated rings. The lowest BCUT2D eigenvalue weighted by molar-refractivity contribution is -0.122. The van der Waals surface area contributed by atoms with Crippen molar-refractivity contribution >= 4 is 17.5 Å². The molecule has 0 aromatic heterocycles. The van der Waals surface area contributed by atoms with Gasteiger partial charge in [0.25, 0.3) is 0 Å². The van der Waals surface area contributed by atoms with Gasteiger partial charge in [0, 0.05) is 22.8 Å². The molecule has 108 valence electrons. The molecule has 2 heteroatoms.